The summed E-state index contributed by atoms with van der Waals surface area (Å²) in [5.41, 5.74) is 0. The molecule has 0 saturated carbocycles. The molecule has 118 valence electrons. The van der Waals surface area contributed by atoms with E-state index in [9.17, 15) is 17.6 Å². The Labute approximate surface area is 131 Å². The van der Waals surface area contributed by atoms with E-state index in [-0.39, 0.29) is 22.7 Å². The molecule has 1 amide bonds. The fourth-order valence-corrected chi connectivity index (χ4v) is 2.57. The number of ether oxygens (including phenoxy) is 1. The van der Waals surface area contributed by atoms with Crippen molar-refractivity contribution in [3.63, 3.8) is 0 Å². The number of hydrogen-bond donors (Lipinski definition) is 2. The largest absolute Gasteiger partial charge is 0.482 e. The van der Waals surface area contributed by atoms with Gasteiger partial charge in [-0.25, -0.2) is 17.9 Å². The predicted molar refractivity (Wildman–Crippen MR) is 78.8 cm³/mol. The van der Waals surface area contributed by atoms with Gasteiger partial charge in [0.1, 0.15) is 16.5 Å². The van der Waals surface area contributed by atoms with Crippen molar-refractivity contribution in [1.29, 1.82) is 0 Å². The SMILES string of the molecule is CC(C)CNC(=O)COc1cc(F)c(S(N)(=O)=O)cc1Br. The number of primary sulfonamides is 1. The summed E-state index contributed by atoms with van der Waals surface area (Å²) in [6.07, 6.45) is 0. The number of sulfonamides is 1. The van der Waals surface area contributed by atoms with E-state index in [4.69, 9.17) is 9.88 Å². The first kappa shape index (κ1) is 17.9. The van der Waals surface area contributed by atoms with Crippen molar-refractivity contribution in [3.8, 4) is 5.75 Å². The fraction of sp³-hybridized carbons (Fsp3) is 0.417. The first-order valence-corrected chi connectivity index (χ1v) is 8.36. The third-order valence-electron chi connectivity index (χ3n) is 2.36. The van der Waals surface area contributed by atoms with Crippen molar-refractivity contribution in [2.75, 3.05) is 13.2 Å². The van der Waals surface area contributed by atoms with Crippen LogP contribution in [0, 0.1) is 11.7 Å². The zero-order chi connectivity index (χ0) is 16.2. The van der Waals surface area contributed by atoms with Crippen LogP contribution < -0.4 is 15.2 Å². The molecule has 0 atom stereocenters. The normalized spacial score (nSPS) is 11.5. The molecule has 0 aromatic heterocycles. The molecule has 0 spiro atoms. The molecule has 0 bridgehead atoms. The van der Waals surface area contributed by atoms with Crippen molar-refractivity contribution in [2.45, 2.75) is 18.7 Å². The monoisotopic (exact) mass is 382 g/mol. The van der Waals surface area contributed by atoms with Crippen molar-refractivity contribution in [1.82, 2.24) is 5.32 Å². The number of nitrogens with one attached hydrogen (secondary N) is 1. The van der Waals surface area contributed by atoms with Crippen LogP contribution in [0.1, 0.15) is 13.8 Å². The van der Waals surface area contributed by atoms with E-state index in [1.807, 2.05) is 13.8 Å². The van der Waals surface area contributed by atoms with E-state index in [1.165, 1.54) is 0 Å². The van der Waals surface area contributed by atoms with Crippen molar-refractivity contribution < 1.29 is 22.3 Å². The van der Waals surface area contributed by atoms with E-state index in [1.54, 1.807) is 0 Å². The summed E-state index contributed by atoms with van der Waals surface area (Å²) in [7, 11) is -4.16. The molecule has 0 heterocycles. The van der Waals surface area contributed by atoms with Gasteiger partial charge in [-0.1, -0.05) is 13.8 Å². The maximum atomic E-state index is 13.6. The summed E-state index contributed by atoms with van der Waals surface area (Å²) >= 11 is 3.04. The number of benzene rings is 1. The van der Waals surface area contributed by atoms with Gasteiger partial charge in [-0.2, -0.15) is 0 Å². The van der Waals surface area contributed by atoms with Crippen LogP contribution in [0.15, 0.2) is 21.5 Å². The standard InChI is InChI=1S/C12H16BrFN2O4S/c1-7(2)5-16-12(17)6-20-10-4-9(14)11(3-8(10)13)21(15,18)19/h3-4,7H,5-6H2,1-2H3,(H,16,17)(H2,15,18,19). The van der Waals surface area contributed by atoms with Crippen molar-refractivity contribution in [3.05, 3.63) is 22.4 Å². The maximum absolute atomic E-state index is 13.6. The van der Waals surface area contributed by atoms with Gasteiger partial charge in [-0.05, 0) is 27.9 Å². The van der Waals surface area contributed by atoms with E-state index < -0.39 is 20.7 Å². The third-order valence-corrected chi connectivity index (χ3v) is 3.90. The molecule has 21 heavy (non-hydrogen) atoms. The van der Waals surface area contributed by atoms with E-state index in [0.29, 0.717) is 12.5 Å². The quantitative estimate of drug-likeness (QED) is 0.776. The minimum atomic E-state index is -4.16. The van der Waals surface area contributed by atoms with Gasteiger partial charge in [-0.3, -0.25) is 4.79 Å². The molecular weight excluding hydrogens is 367 g/mol. The maximum Gasteiger partial charge on any atom is 0.257 e. The fourth-order valence-electron chi connectivity index (χ4n) is 1.35. The molecule has 6 nitrogen and oxygen atoms in total. The van der Waals surface area contributed by atoms with Crippen LogP contribution in [0.4, 0.5) is 4.39 Å². The van der Waals surface area contributed by atoms with Gasteiger partial charge in [-0.15, -0.1) is 0 Å². The summed E-state index contributed by atoms with van der Waals surface area (Å²) < 4.78 is 41.3. The lowest BCUT2D eigenvalue weighted by Crippen LogP contribution is -2.31. The van der Waals surface area contributed by atoms with Crippen LogP contribution in [0.5, 0.6) is 5.75 Å². The number of carbonyl (C=O) groups is 1. The summed E-state index contributed by atoms with van der Waals surface area (Å²) in [5.74, 6) is -1.09. The third kappa shape index (κ3) is 5.60. The molecule has 0 aliphatic heterocycles. The van der Waals surface area contributed by atoms with E-state index in [0.717, 1.165) is 12.1 Å². The minimum Gasteiger partial charge on any atom is -0.482 e. The number of halogens is 2. The number of rotatable bonds is 6. The molecule has 0 radical (unpaired) electrons. The Morgan fingerprint density at radius 1 is 1.48 bits per heavy atom. The van der Waals surface area contributed by atoms with Crippen LogP contribution in [-0.4, -0.2) is 27.5 Å². The summed E-state index contributed by atoms with van der Waals surface area (Å²) in [4.78, 5) is 10.8. The second-order valence-electron chi connectivity index (χ2n) is 4.74. The Morgan fingerprint density at radius 3 is 2.62 bits per heavy atom. The Balaban J connectivity index is 2.78. The Hall–Kier alpha value is -1.19. The Kier molecular flexibility index (Phi) is 6.11. The average molecular weight is 383 g/mol. The molecule has 1 rings (SSSR count). The summed E-state index contributed by atoms with van der Waals surface area (Å²) in [5, 5.41) is 7.51. The molecule has 0 unspecified atom stereocenters. The summed E-state index contributed by atoms with van der Waals surface area (Å²) in [6, 6.07) is 1.85. The highest BCUT2D eigenvalue weighted by atomic mass is 79.9. The van der Waals surface area contributed by atoms with Crippen LogP contribution in [0.2, 0.25) is 0 Å². The second-order valence-corrected chi connectivity index (χ2v) is 7.13. The van der Waals surface area contributed by atoms with E-state index in [2.05, 4.69) is 21.2 Å². The molecule has 9 heteroatoms. The molecule has 0 aliphatic rings. The van der Waals surface area contributed by atoms with Gasteiger partial charge in [0.2, 0.25) is 10.0 Å². The lowest BCUT2D eigenvalue weighted by molar-refractivity contribution is -0.123. The number of nitrogens with two attached hydrogens (primary N) is 1. The highest BCUT2D eigenvalue weighted by molar-refractivity contribution is 9.10. The number of carbonyl (C=O) groups excluding carboxylic acids is 1. The van der Waals surface area contributed by atoms with Crippen molar-refractivity contribution in [2.24, 2.45) is 11.1 Å². The molecule has 1 aromatic carbocycles. The lowest BCUT2D eigenvalue weighted by Gasteiger charge is -2.11. The molecule has 0 aliphatic carbocycles. The van der Waals surface area contributed by atoms with Gasteiger partial charge in [0.25, 0.3) is 5.91 Å². The summed E-state index contributed by atoms with van der Waals surface area (Å²) in [6.45, 7) is 4.08. The zero-order valence-electron chi connectivity index (χ0n) is 11.5. The smallest absolute Gasteiger partial charge is 0.257 e. The minimum absolute atomic E-state index is 0.0135. The van der Waals surface area contributed by atoms with Crippen LogP contribution in [0.3, 0.4) is 0 Å². The van der Waals surface area contributed by atoms with Gasteiger partial charge in [0, 0.05) is 12.6 Å². The topological polar surface area (TPSA) is 98.5 Å². The first-order valence-electron chi connectivity index (χ1n) is 6.02. The molecular formula is C12H16BrFN2O4S. The van der Waals surface area contributed by atoms with Crippen LogP contribution in [-0.2, 0) is 14.8 Å². The van der Waals surface area contributed by atoms with E-state index >= 15 is 0 Å². The van der Waals surface area contributed by atoms with Crippen LogP contribution in [0.25, 0.3) is 0 Å². The van der Waals surface area contributed by atoms with Gasteiger partial charge in [0.15, 0.2) is 6.61 Å². The highest BCUT2D eigenvalue weighted by Gasteiger charge is 2.18. The zero-order valence-corrected chi connectivity index (χ0v) is 13.9. The molecule has 3 N–H and O–H groups in total. The second kappa shape index (κ2) is 7.19. The lowest BCUT2D eigenvalue weighted by atomic mass is 10.2. The highest BCUT2D eigenvalue weighted by Crippen LogP contribution is 2.29. The van der Waals surface area contributed by atoms with Gasteiger partial charge >= 0.3 is 0 Å². The average Bonchev–Trinajstić information content (AvgIpc) is 2.35. The Bertz CT molecular complexity index is 634. The molecule has 0 saturated heterocycles. The van der Waals surface area contributed by atoms with Gasteiger partial charge in [0.05, 0.1) is 4.47 Å². The molecule has 0 fully saturated rings. The Morgan fingerprint density at radius 2 is 2.10 bits per heavy atom. The number of hydrogen-bond acceptors (Lipinski definition) is 4. The van der Waals surface area contributed by atoms with Gasteiger partial charge < -0.3 is 10.1 Å². The first-order chi connectivity index (χ1) is 9.61. The van der Waals surface area contributed by atoms with Crippen LogP contribution >= 0.6 is 15.9 Å². The number of amides is 1. The predicted octanol–water partition coefficient (Wildman–Crippen LogP) is 1.39. The molecule has 1 aromatic rings. The van der Waals surface area contributed by atoms with Crippen molar-refractivity contribution >= 4 is 31.9 Å².